The maximum atomic E-state index is 13.0. The van der Waals surface area contributed by atoms with Crippen LogP contribution in [0.1, 0.15) is 11.1 Å². The molecule has 0 bridgehead atoms. The normalized spacial score (nSPS) is 15.1. The molecule has 0 aromatic heterocycles. The van der Waals surface area contributed by atoms with Gasteiger partial charge in [0.05, 0.1) is 21.1 Å². The number of thioether (sulfide) groups is 1. The summed E-state index contributed by atoms with van der Waals surface area (Å²) in [6, 6.07) is 16.4. The van der Waals surface area contributed by atoms with Crippen LogP contribution in [0.25, 0.3) is 6.08 Å². The molecule has 0 atom stereocenters. The lowest BCUT2D eigenvalue weighted by molar-refractivity contribution is -0.385. The summed E-state index contributed by atoms with van der Waals surface area (Å²) in [5.41, 5.74) is -1.35. The molecular formula is C23H13F3N2O5S. The van der Waals surface area contributed by atoms with E-state index in [0.717, 1.165) is 11.0 Å². The van der Waals surface area contributed by atoms with Crippen molar-refractivity contribution in [2.45, 2.75) is 6.18 Å². The van der Waals surface area contributed by atoms with Crippen molar-refractivity contribution in [2.24, 2.45) is 0 Å². The van der Waals surface area contributed by atoms with E-state index < -0.39 is 39.2 Å². The van der Waals surface area contributed by atoms with E-state index >= 15 is 0 Å². The van der Waals surface area contributed by atoms with Gasteiger partial charge < -0.3 is 4.74 Å². The number of hydrogen-bond donors (Lipinski definition) is 0. The zero-order valence-corrected chi connectivity index (χ0v) is 17.8. The highest BCUT2D eigenvalue weighted by molar-refractivity contribution is 8.19. The number of para-hydroxylation sites is 2. The van der Waals surface area contributed by atoms with Gasteiger partial charge in [-0.2, -0.15) is 13.2 Å². The zero-order valence-electron chi connectivity index (χ0n) is 17.0. The molecule has 3 aromatic carbocycles. The van der Waals surface area contributed by atoms with Crippen LogP contribution < -0.4 is 9.64 Å². The van der Waals surface area contributed by atoms with Gasteiger partial charge in [-0.25, -0.2) is 4.90 Å². The Morgan fingerprint density at radius 1 is 0.941 bits per heavy atom. The largest absolute Gasteiger partial charge is 0.449 e. The van der Waals surface area contributed by atoms with Crippen molar-refractivity contribution in [3.63, 3.8) is 0 Å². The molecule has 11 heteroatoms. The summed E-state index contributed by atoms with van der Waals surface area (Å²) in [6.45, 7) is 0. The van der Waals surface area contributed by atoms with E-state index in [1.54, 1.807) is 48.5 Å². The first-order chi connectivity index (χ1) is 16.1. The fourth-order valence-corrected chi connectivity index (χ4v) is 3.97. The quantitative estimate of drug-likeness (QED) is 0.228. The van der Waals surface area contributed by atoms with Gasteiger partial charge in [-0.1, -0.05) is 36.4 Å². The fraction of sp³-hybridized carbons (Fsp3) is 0.0435. The lowest BCUT2D eigenvalue weighted by Gasteiger charge is -2.12. The number of halogens is 3. The first kappa shape index (κ1) is 23.1. The molecule has 1 saturated heterocycles. The molecule has 1 heterocycles. The van der Waals surface area contributed by atoms with E-state index in [1.807, 2.05) is 0 Å². The fourth-order valence-electron chi connectivity index (χ4n) is 3.14. The van der Waals surface area contributed by atoms with Crippen LogP contribution >= 0.6 is 11.8 Å². The second-order valence-electron chi connectivity index (χ2n) is 6.93. The Morgan fingerprint density at radius 3 is 2.29 bits per heavy atom. The van der Waals surface area contributed by atoms with Crippen molar-refractivity contribution < 1.29 is 32.4 Å². The number of nitrogens with zero attached hydrogens (tertiary/aromatic N) is 2. The number of benzene rings is 3. The molecule has 1 aliphatic heterocycles. The van der Waals surface area contributed by atoms with Crippen molar-refractivity contribution in [2.75, 3.05) is 4.90 Å². The van der Waals surface area contributed by atoms with Crippen LogP contribution in [-0.2, 0) is 11.0 Å². The molecule has 0 N–H and O–H groups in total. The van der Waals surface area contributed by atoms with E-state index in [2.05, 4.69) is 0 Å². The van der Waals surface area contributed by atoms with Crippen molar-refractivity contribution >= 4 is 40.4 Å². The molecule has 2 amide bonds. The van der Waals surface area contributed by atoms with Gasteiger partial charge in [0, 0.05) is 11.6 Å². The number of ether oxygens (including phenoxy) is 1. The van der Waals surface area contributed by atoms with E-state index in [4.69, 9.17) is 4.74 Å². The van der Waals surface area contributed by atoms with E-state index in [0.29, 0.717) is 35.1 Å². The zero-order chi connectivity index (χ0) is 24.5. The molecule has 7 nitrogen and oxygen atoms in total. The minimum absolute atomic E-state index is 0.0527. The number of carbonyl (C=O) groups is 2. The number of anilines is 1. The standard InChI is InChI=1S/C23H13F3N2O5S/c24-23(25,26)15-10-11-19(17(13-15)28(31)32)33-18-9-5-4-6-14(18)12-20-21(29)27(22(30)34-20)16-7-2-1-3-8-16/h1-13H/b20-12-. The molecule has 0 radical (unpaired) electrons. The van der Waals surface area contributed by atoms with Crippen LogP contribution in [-0.4, -0.2) is 16.1 Å². The summed E-state index contributed by atoms with van der Waals surface area (Å²) in [4.78, 5) is 36.8. The van der Waals surface area contributed by atoms with Crippen LogP contribution in [0.4, 0.5) is 29.3 Å². The van der Waals surface area contributed by atoms with E-state index in [-0.39, 0.29) is 10.7 Å². The highest BCUT2D eigenvalue weighted by Crippen LogP contribution is 2.40. The third-order valence-electron chi connectivity index (χ3n) is 4.72. The topological polar surface area (TPSA) is 89.7 Å². The Balaban J connectivity index is 1.68. The molecule has 0 spiro atoms. The Morgan fingerprint density at radius 2 is 1.62 bits per heavy atom. The summed E-state index contributed by atoms with van der Waals surface area (Å²) in [5, 5.41) is 10.9. The van der Waals surface area contributed by atoms with Crippen molar-refractivity contribution in [3.05, 3.63) is 98.9 Å². The average Bonchev–Trinajstić information content (AvgIpc) is 3.07. The van der Waals surface area contributed by atoms with Gasteiger partial charge in [0.2, 0.25) is 5.75 Å². The SMILES string of the molecule is O=C1S/C(=C\c2ccccc2Oc2ccc(C(F)(F)F)cc2[N+](=O)[O-])C(=O)N1c1ccccc1. The Kier molecular flexibility index (Phi) is 6.12. The predicted octanol–water partition coefficient (Wildman–Crippen LogP) is 6.65. The smallest absolute Gasteiger partial charge is 0.416 e. The van der Waals surface area contributed by atoms with Gasteiger partial charge >= 0.3 is 11.9 Å². The van der Waals surface area contributed by atoms with Gasteiger partial charge in [-0.15, -0.1) is 0 Å². The summed E-state index contributed by atoms with van der Waals surface area (Å²) in [7, 11) is 0. The summed E-state index contributed by atoms with van der Waals surface area (Å²) >= 11 is 0.709. The third kappa shape index (κ3) is 4.64. The molecular weight excluding hydrogens is 473 g/mol. The molecule has 0 aliphatic carbocycles. The molecule has 172 valence electrons. The Hall–Kier alpha value is -4.12. The van der Waals surface area contributed by atoms with Crippen LogP contribution in [0.2, 0.25) is 0 Å². The molecule has 3 aromatic rings. The number of amides is 2. The highest BCUT2D eigenvalue weighted by atomic mass is 32.2. The number of imide groups is 1. The molecule has 0 saturated carbocycles. The number of nitro groups is 1. The van der Waals surface area contributed by atoms with Crippen molar-refractivity contribution in [1.29, 1.82) is 0 Å². The van der Waals surface area contributed by atoms with Crippen LogP contribution in [0.15, 0.2) is 77.7 Å². The second kappa shape index (κ2) is 9.02. The average molecular weight is 486 g/mol. The lowest BCUT2D eigenvalue weighted by Crippen LogP contribution is -2.27. The number of nitro benzene ring substituents is 1. The minimum Gasteiger partial charge on any atom is -0.449 e. The van der Waals surface area contributed by atoms with Gasteiger partial charge in [0.1, 0.15) is 5.75 Å². The Labute approximate surface area is 194 Å². The van der Waals surface area contributed by atoms with Crippen LogP contribution in [0.5, 0.6) is 11.5 Å². The lowest BCUT2D eigenvalue weighted by atomic mass is 10.1. The molecule has 1 aliphatic rings. The number of alkyl halides is 3. The maximum Gasteiger partial charge on any atom is 0.416 e. The van der Waals surface area contributed by atoms with Gasteiger partial charge in [-0.3, -0.25) is 19.7 Å². The maximum absolute atomic E-state index is 13.0. The molecule has 4 rings (SSSR count). The molecule has 34 heavy (non-hydrogen) atoms. The van der Waals surface area contributed by atoms with E-state index in [9.17, 15) is 32.9 Å². The van der Waals surface area contributed by atoms with Crippen molar-refractivity contribution in [3.8, 4) is 11.5 Å². The van der Waals surface area contributed by atoms with Gasteiger partial charge in [-0.05, 0) is 48.2 Å². The van der Waals surface area contributed by atoms with Crippen LogP contribution in [0.3, 0.4) is 0 Å². The number of rotatable bonds is 5. The first-order valence-corrected chi connectivity index (χ1v) is 10.4. The molecule has 1 fully saturated rings. The highest BCUT2D eigenvalue weighted by Gasteiger charge is 2.36. The number of carbonyl (C=O) groups excluding carboxylic acids is 2. The Bertz CT molecular complexity index is 1330. The number of hydrogen-bond acceptors (Lipinski definition) is 6. The van der Waals surface area contributed by atoms with Crippen molar-refractivity contribution in [1.82, 2.24) is 0 Å². The summed E-state index contributed by atoms with van der Waals surface area (Å²) in [5.74, 6) is -0.912. The molecule has 0 unspecified atom stereocenters. The third-order valence-corrected chi connectivity index (χ3v) is 5.59. The summed E-state index contributed by atoms with van der Waals surface area (Å²) < 4.78 is 44.5. The van der Waals surface area contributed by atoms with Gasteiger partial charge in [0.25, 0.3) is 11.1 Å². The predicted molar refractivity (Wildman–Crippen MR) is 120 cm³/mol. The monoisotopic (exact) mass is 486 g/mol. The van der Waals surface area contributed by atoms with Crippen LogP contribution in [0, 0.1) is 10.1 Å². The van der Waals surface area contributed by atoms with E-state index in [1.165, 1.54) is 12.1 Å². The first-order valence-electron chi connectivity index (χ1n) is 9.60. The minimum atomic E-state index is -4.76. The second-order valence-corrected chi connectivity index (χ2v) is 7.92. The summed E-state index contributed by atoms with van der Waals surface area (Å²) in [6.07, 6.45) is -3.37. The van der Waals surface area contributed by atoms with Gasteiger partial charge in [0.15, 0.2) is 0 Å².